The fourth-order valence-electron chi connectivity index (χ4n) is 1.78. The fraction of sp³-hybridized carbons (Fsp3) is 0.167. The molecule has 96 valence electrons. The highest BCUT2D eigenvalue weighted by atomic mass is 16.2. The largest absolute Gasteiger partial charge is 0.382 e. The molecule has 4 N–H and O–H groups in total. The number of hydrazone groups is 1. The molecule has 7 heteroatoms. The van der Waals surface area contributed by atoms with Crippen molar-refractivity contribution in [3.8, 4) is 6.07 Å². The lowest BCUT2D eigenvalue weighted by Gasteiger charge is -2.11. The van der Waals surface area contributed by atoms with Crippen molar-refractivity contribution in [2.24, 2.45) is 10.8 Å². The number of nitrogens with one attached hydrogen (secondary N) is 2. The molecule has 1 heterocycles. The van der Waals surface area contributed by atoms with Gasteiger partial charge in [-0.05, 0) is 17.7 Å². The van der Waals surface area contributed by atoms with Gasteiger partial charge in [0.25, 0.3) is 0 Å². The first-order valence-electron chi connectivity index (χ1n) is 5.50. The van der Waals surface area contributed by atoms with Crippen molar-refractivity contribution in [1.29, 1.82) is 10.7 Å². The molecule has 1 aromatic rings. The molecule has 1 aliphatic rings. The van der Waals surface area contributed by atoms with Gasteiger partial charge in [0, 0.05) is 12.7 Å². The van der Waals surface area contributed by atoms with E-state index in [9.17, 15) is 4.79 Å². The third-order valence-corrected chi connectivity index (χ3v) is 2.82. The predicted molar refractivity (Wildman–Crippen MR) is 72.1 cm³/mol. The van der Waals surface area contributed by atoms with Crippen LogP contribution >= 0.6 is 0 Å². The number of nitriles is 1. The number of fused-ring (bicyclic) bond motifs is 1. The topological polar surface area (TPSA) is 118 Å². The number of rotatable bonds is 3. The highest BCUT2D eigenvalue weighted by Crippen LogP contribution is 2.30. The number of amidine groups is 1. The van der Waals surface area contributed by atoms with Gasteiger partial charge in [0.2, 0.25) is 11.6 Å². The quantitative estimate of drug-likeness (QED) is 0.413. The SMILES string of the molecule is CN1C(=O)Cc2ccc(N/N=C(\C#N)C(=N)N)cc21. The minimum Gasteiger partial charge on any atom is -0.382 e. The van der Waals surface area contributed by atoms with Gasteiger partial charge in [-0.15, -0.1) is 0 Å². The van der Waals surface area contributed by atoms with Gasteiger partial charge in [-0.3, -0.25) is 15.6 Å². The zero-order valence-corrected chi connectivity index (χ0v) is 10.3. The van der Waals surface area contributed by atoms with E-state index in [-0.39, 0.29) is 11.6 Å². The summed E-state index contributed by atoms with van der Waals surface area (Å²) in [4.78, 5) is 13.1. The average molecular weight is 256 g/mol. The molecule has 0 aliphatic carbocycles. The lowest BCUT2D eigenvalue weighted by atomic mass is 10.1. The van der Waals surface area contributed by atoms with Crippen LogP contribution in [0.2, 0.25) is 0 Å². The van der Waals surface area contributed by atoms with Crippen LogP contribution in [0.3, 0.4) is 0 Å². The number of hydrogen-bond donors (Lipinski definition) is 3. The van der Waals surface area contributed by atoms with Gasteiger partial charge in [-0.25, -0.2) is 0 Å². The summed E-state index contributed by atoms with van der Waals surface area (Å²) in [6.45, 7) is 0. The smallest absolute Gasteiger partial charge is 0.231 e. The van der Waals surface area contributed by atoms with E-state index in [2.05, 4.69) is 10.5 Å². The second-order valence-electron chi connectivity index (χ2n) is 4.07. The zero-order chi connectivity index (χ0) is 14.0. The van der Waals surface area contributed by atoms with Crippen LogP contribution in [0, 0.1) is 16.7 Å². The summed E-state index contributed by atoms with van der Waals surface area (Å²) in [5, 5.41) is 19.6. The van der Waals surface area contributed by atoms with Gasteiger partial charge in [0.1, 0.15) is 6.07 Å². The first-order chi connectivity index (χ1) is 9.02. The molecule has 1 aliphatic heterocycles. The molecule has 2 rings (SSSR count). The van der Waals surface area contributed by atoms with Gasteiger partial charge in [0.15, 0.2) is 5.84 Å². The van der Waals surface area contributed by atoms with Crippen LogP contribution in [0.1, 0.15) is 5.56 Å². The third-order valence-electron chi connectivity index (χ3n) is 2.82. The van der Waals surface area contributed by atoms with Crippen molar-refractivity contribution in [3.63, 3.8) is 0 Å². The van der Waals surface area contributed by atoms with Crippen molar-refractivity contribution in [3.05, 3.63) is 23.8 Å². The maximum Gasteiger partial charge on any atom is 0.231 e. The molecule has 1 aromatic carbocycles. The van der Waals surface area contributed by atoms with E-state index in [1.165, 1.54) is 0 Å². The third kappa shape index (κ3) is 2.37. The Morgan fingerprint density at radius 1 is 1.63 bits per heavy atom. The molecule has 0 saturated heterocycles. The number of hydrogen-bond acceptors (Lipinski definition) is 5. The van der Waals surface area contributed by atoms with Crippen LogP contribution in [0.4, 0.5) is 11.4 Å². The fourth-order valence-corrected chi connectivity index (χ4v) is 1.78. The summed E-state index contributed by atoms with van der Waals surface area (Å²) in [6.07, 6.45) is 0.395. The molecule has 0 bridgehead atoms. The standard InChI is InChI=1S/C12H12N6O/c1-18-10-5-8(3-2-7(10)4-11(18)19)16-17-9(6-13)12(14)15/h2-3,5,16H,4H2,1H3,(H3,14,15)/b17-9+. The van der Waals surface area contributed by atoms with Crippen LogP contribution in [-0.2, 0) is 11.2 Å². The number of amides is 1. The number of anilines is 2. The highest BCUT2D eigenvalue weighted by molar-refractivity contribution is 6.45. The van der Waals surface area contributed by atoms with Gasteiger partial charge in [0.05, 0.1) is 12.1 Å². The van der Waals surface area contributed by atoms with Crippen LogP contribution in [-0.4, -0.2) is 24.5 Å². The second-order valence-corrected chi connectivity index (χ2v) is 4.07. The van der Waals surface area contributed by atoms with E-state index in [0.717, 1.165) is 11.3 Å². The summed E-state index contributed by atoms with van der Waals surface area (Å²) in [6, 6.07) is 7.06. The predicted octanol–water partition coefficient (Wildman–Crippen LogP) is 0.433. The monoisotopic (exact) mass is 256 g/mol. The van der Waals surface area contributed by atoms with Crippen LogP contribution in [0.15, 0.2) is 23.3 Å². The molecule has 7 nitrogen and oxygen atoms in total. The van der Waals surface area contributed by atoms with Gasteiger partial charge in [-0.1, -0.05) is 6.07 Å². The molecular weight excluding hydrogens is 244 g/mol. The summed E-state index contributed by atoms with van der Waals surface area (Å²) < 4.78 is 0. The molecule has 19 heavy (non-hydrogen) atoms. The lowest BCUT2D eigenvalue weighted by Crippen LogP contribution is -2.22. The number of benzene rings is 1. The Morgan fingerprint density at radius 3 is 3.00 bits per heavy atom. The van der Waals surface area contributed by atoms with Crippen molar-refractivity contribution < 1.29 is 4.79 Å². The Morgan fingerprint density at radius 2 is 2.37 bits per heavy atom. The Bertz CT molecular complexity index is 628. The minimum atomic E-state index is -0.400. The Labute approximate surface area is 109 Å². The number of nitrogens with zero attached hydrogens (tertiary/aromatic N) is 3. The first-order valence-corrected chi connectivity index (χ1v) is 5.50. The zero-order valence-electron chi connectivity index (χ0n) is 10.3. The van der Waals surface area contributed by atoms with Gasteiger partial charge >= 0.3 is 0 Å². The van der Waals surface area contributed by atoms with E-state index < -0.39 is 5.84 Å². The number of nitrogens with two attached hydrogens (primary N) is 1. The van der Waals surface area contributed by atoms with Crippen molar-refractivity contribution in [2.75, 3.05) is 17.4 Å². The number of carbonyl (C=O) groups is 1. The summed E-state index contributed by atoms with van der Waals surface area (Å²) >= 11 is 0. The molecule has 0 aromatic heterocycles. The minimum absolute atomic E-state index is 0.0390. The van der Waals surface area contributed by atoms with Crippen LogP contribution in [0.5, 0.6) is 0 Å². The Balaban J connectivity index is 2.23. The van der Waals surface area contributed by atoms with E-state index in [1.54, 1.807) is 30.1 Å². The first kappa shape index (κ1) is 12.6. The molecule has 0 fully saturated rings. The van der Waals surface area contributed by atoms with Crippen LogP contribution in [0.25, 0.3) is 0 Å². The van der Waals surface area contributed by atoms with Crippen molar-refractivity contribution in [1.82, 2.24) is 0 Å². The van der Waals surface area contributed by atoms with Crippen molar-refractivity contribution in [2.45, 2.75) is 6.42 Å². The van der Waals surface area contributed by atoms with Crippen LogP contribution < -0.4 is 16.1 Å². The van der Waals surface area contributed by atoms with Gasteiger partial charge < -0.3 is 10.6 Å². The maximum absolute atomic E-state index is 11.5. The van der Waals surface area contributed by atoms with Gasteiger partial charge in [-0.2, -0.15) is 10.4 Å². The maximum atomic E-state index is 11.5. The highest BCUT2D eigenvalue weighted by Gasteiger charge is 2.23. The normalized spacial score (nSPS) is 14.0. The van der Waals surface area contributed by atoms with E-state index in [4.69, 9.17) is 16.4 Å². The molecule has 0 radical (unpaired) electrons. The average Bonchev–Trinajstić information content (AvgIpc) is 2.66. The molecule has 0 saturated carbocycles. The summed E-state index contributed by atoms with van der Waals surface area (Å²) in [5.74, 6) is -0.361. The molecule has 0 atom stereocenters. The molecule has 0 spiro atoms. The second kappa shape index (κ2) is 4.78. The van der Waals surface area contributed by atoms with E-state index in [0.29, 0.717) is 12.1 Å². The number of carbonyl (C=O) groups excluding carboxylic acids is 1. The molecule has 0 unspecified atom stereocenters. The lowest BCUT2D eigenvalue weighted by molar-refractivity contribution is -0.117. The van der Waals surface area contributed by atoms with E-state index in [1.807, 2.05) is 6.07 Å². The van der Waals surface area contributed by atoms with Crippen molar-refractivity contribution >= 4 is 28.8 Å². The Kier molecular flexibility index (Phi) is 3.16. The number of likely N-dealkylation sites (N-methyl/N-ethyl adjacent to an activating group) is 1. The summed E-state index contributed by atoms with van der Waals surface area (Å²) in [7, 11) is 1.71. The molecular formula is C12H12N6O. The van der Waals surface area contributed by atoms with E-state index >= 15 is 0 Å². The molecule has 1 amide bonds. The Hall–Kier alpha value is -2.88. The summed E-state index contributed by atoms with van der Waals surface area (Å²) in [5.41, 5.74) is 10.0.